The van der Waals surface area contributed by atoms with Crippen molar-refractivity contribution in [2.45, 2.75) is 20.4 Å². The zero-order chi connectivity index (χ0) is 18.1. The van der Waals surface area contributed by atoms with Crippen LogP contribution in [0, 0.1) is 13.8 Å². The van der Waals surface area contributed by atoms with Crippen molar-refractivity contribution in [1.29, 1.82) is 0 Å². The molecular weight excluding hydrogens is 342 g/mol. The summed E-state index contributed by atoms with van der Waals surface area (Å²) in [5.41, 5.74) is 6.52. The molecule has 0 amide bonds. The normalized spacial score (nSPS) is 11.0. The van der Waals surface area contributed by atoms with Crippen LogP contribution in [0.4, 0.5) is 5.82 Å². The van der Waals surface area contributed by atoms with E-state index in [-0.39, 0.29) is 0 Å². The van der Waals surface area contributed by atoms with Gasteiger partial charge >= 0.3 is 0 Å². The monoisotopic (exact) mass is 361 g/mol. The van der Waals surface area contributed by atoms with Crippen LogP contribution in [-0.4, -0.2) is 9.38 Å². The van der Waals surface area contributed by atoms with E-state index in [0.29, 0.717) is 0 Å². The Kier molecular flexibility index (Phi) is 4.39. The van der Waals surface area contributed by atoms with Gasteiger partial charge in [-0.15, -0.1) is 0 Å². The van der Waals surface area contributed by atoms with Crippen LogP contribution in [0.15, 0.2) is 66.7 Å². The van der Waals surface area contributed by atoms with Crippen molar-refractivity contribution in [3.63, 3.8) is 0 Å². The molecule has 0 aliphatic heterocycles. The molecular formula is C22H20ClN3. The van der Waals surface area contributed by atoms with E-state index in [1.54, 1.807) is 0 Å². The molecule has 2 heterocycles. The van der Waals surface area contributed by atoms with Crippen LogP contribution in [-0.2, 0) is 6.54 Å². The highest BCUT2D eigenvalue weighted by atomic mass is 35.5. The molecule has 0 bridgehead atoms. The summed E-state index contributed by atoms with van der Waals surface area (Å²) in [5.74, 6) is 1.00. The van der Waals surface area contributed by atoms with E-state index in [0.717, 1.165) is 40.0 Å². The van der Waals surface area contributed by atoms with Gasteiger partial charge in [0.1, 0.15) is 17.2 Å². The van der Waals surface area contributed by atoms with Crippen LogP contribution in [0.5, 0.6) is 0 Å². The molecule has 1 N–H and O–H groups in total. The summed E-state index contributed by atoms with van der Waals surface area (Å²) >= 11 is 6.06. The lowest BCUT2D eigenvalue weighted by Gasteiger charge is -2.11. The Balaban J connectivity index is 1.84. The van der Waals surface area contributed by atoms with Gasteiger partial charge in [0.15, 0.2) is 0 Å². The van der Waals surface area contributed by atoms with Crippen LogP contribution >= 0.6 is 11.6 Å². The summed E-state index contributed by atoms with van der Waals surface area (Å²) < 4.78 is 2.18. The second-order valence-electron chi connectivity index (χ2n) is 6.52. The highest BCUT2D eigenvalue weighted by Gasteiger charge is 2.16. The minimum absolute atomic E-state index is 0.725. The number of halogens is 1. The lowest BCUT2D eigenvalue weighted by Crippen LogP contribution is -2.05. The molecule has 0 saturated carbocycles. The van der Waals surface area contributed by atoms with Gasteiger partial charge in [-0.3, -0.25) is 4.40 Å². The number of anilines is 1. The summed E-state index contributed by atoms with van der Waals surface area (Å²) in [7, 11) is 0. The second-order valence-corrected chi connectivity index (χ2v) is 6.96. The van der Waals surface area contributed by atoms with Crippen molar-refractivity contribution < 1.29 is 0 Å². The molecule has 0 unspecified atom stereocenters. The smallest absolute Gasteiger partial charge is 0.139 e. The van der Waals surface area contributed by atoms with E-state index in [1.165, 1.54) is 11.1 Å². The van der Waals surface area contributed by atoms with Crippen LogP contribution < -0.4 is 5.32 Å². The standard InChI is InChI=1S/C22H20ClN3/c1-15-12-16(2)26-20(13-15)25-21(18-8-10-19(23)11-9-18)22(26)24-14-17-6-4-3-5-7-17/h3-13,24H,14H2,1-2H3. The summed E-state index contributed by atoms with van der Waals surface area (Å²) in [5, 5.41) is 4.32. The lowest BCUT2D eigenvalue weighted by molar-refractivity contribution is 1.04. The van der Waals surface area contributed by atoms with Gasteiger partial charge in [0.2, 0.25) is 0 Å². The number of hydrogen-bond acceptors (Lipinski definition) is 2. The summed E-state index contributed by atoms with van der Waals surface area (Å²) in [6.45, 7) is 4.95. The van der Waals surface area contributed by atoms with Crippen molar-refractivity contribution in [3.05, 3.63) is 88.6 Å². The van der Waals surface area contributed by atoms with Gasteiger partial charge in [-0.25, -0.2) is 4.98 Å². The average Bonchev–Trinajstić information content (AvgIpc) is 3.00. The Morgan fingerprint density at radius 2 is 1.69 bits per heavy atom. The predicted octanol–water partition coefficient (Wildman–Crippen LogP) is 5.88. The Morgan fingerprint density at radius 3 is 2.42 bits per heavy atom. The van der Waals surface area contributed by atoms with Gasteiger partial charge in [0.05, 0.1) is 0 Å². The van der Waals surface area contributed by atoms with E-state index < -0.39 is 0 Å². The zero-order valence-corrected chi connectivity index (χ0v) is 15.6. The molecule has 0 aliphatic rings. The molecule has 4 heteroatoms. The lowest BCUT2D eigenvalue weighted by atomic mass is 10.1. The number of rotatable bonds is 4. The van der Waals surface area contributed by atoms with Gasteiger partial charge < -0.3 is 5.32 Å². The first-order chi connectivity index (χ1) is 12.6. The molecule has 0 spiro atoms. The topological polar surface area (TPSA) is 29.3 Å². The molecule has 2 aromatic carbocycles. The first kappa shape index (κ1) is 16.7. The fourth-order valence-corrected chi connectivity index (χ4v) is 3.41. The quantitative estimate of drug-likeness (QED) is 0.491. The number of aryl methyl sites for hydroxylation is 2. The van der Waals surface area contributed by atoms with E-state index >= 15 is 0 Å². The van der Waals surface area contributed by atoms with E-state index in [9.17, 15) is 0 Å². The maximum absolute atomic E-state index is 6.06. The zero-order valence-electron chi connectivity index (χ0n) is 14.8. The Hall–Kier alpha value is -2.78. The van der Waals surface area contributed by atoms with Crippen molar-refractivity contribution in [2.24, 2.45) is 0 Å². The summed E-state index contributed by atoms with van der Waals surface area (Å²) in [6.07, 6.45) is 0. The minimum Gasteiger partial charge on any atom is -0.365 e. The molecule has 130 valence electrons. The number of nitrogens with one attached hydrogen (secondary N) is 1. The second kappa shape index (κ2) is 6.85. The third-order valence-electron chi connectivity index (χ3n) is 4.47. The Labute approximate surface area is 158 Å². The summed E-state index contributed by atoms with van der Waals surface area (Å²) in [4.78, 5) is 4.90. The Bertz CT molecular complexity index is 1050. The third-order valence-corrected chi connectivity index (χ3v) is 4.72. The molecule has 4 rings (SSSR count). The van der Waals surface area contributed by atoms with Gasteiger partial charge in [-0.05, 0) is 49.2 Å². The Morgan fingerprint density at radius 1 is 0.962 bits per heavy atom. The van der Waals surface area contributed by atoms with E-state index in [4.69, 9.17) is 16.6 Å². The van der Waals surface area contributed by atoms with Gasteiger partial charge in [0, 0.05) is 22.8 Å². The number of pyridine rings is 1. The number of hydrogen-bond donors (Lipinski definition) is 1. The maximum Gasteiger partial charge on any atom is 0.139 e. The maximum atomic E-state index is 6.06. The largest absolute Gasteiger partial charge is 0.365 e. The molecule has 3 nitrogen and oxygen atoms in total. The number of aromatic nitrogens is 2. The highest BCUT2D eigenvalue weighted by Crippen LogP contribution is 2.31. The van der Waals surface area contributed by atoms with Crippen LogP contribution in [0.25, 0.3) is 16.9 Å². The average molecular weight is 362 g/mol. The van der Waals surface area contributed by atoms with Crippen LogP contribution in [0.2, 0.25) is 5.02 Å². The van der Waals surface area contributed by atoms with Gasteiger partial charge in [0.25, 0.3) is 0 Å². The predicted molar refractivity (Wildman–Crippen MR) is 109 cm³/mol. The first-order valence-corrected chi connectivity index (χ1v) is 9.03. The molecule has 2 aromatic heterocycles. The fourth-order valence-electron chi connectivity index (χ4n) is 3.28. The van der Waals surface area contributed by atoms with Gasteiger partial charge in [-0.1, -0.05) is 54.1 Å². The van der Waals surface area contributed by atoms with Crippen molar-refractivity contribution in [1.82, 2.24) is 9.38 Å². The molecule has 0 saturated heterocycles. The third kappa shape index (κ3) is 3.18. The number of benzene rings is 2. The fraction of sp³-hybridized carbons (Fsp3) is 0.136. The molecule has 26 heavy (non-hydrogen) atoms. The molecule has 0 atom stereocenters. The number of nitrogens with zero attached hydrogens (tertiary/aromatic N) is 2. The molecule has 0 radical (unpaired) electrons. The van der Waals surface area contributed by atoms with E-state index in [1.807, 2.05) is 30.3 Å². The van der Waals surface area contributed by atoms with Gasteiger partial charge in [-0.2, -0.15) is 0 Å². The molecule has 4 aromatic rings. The van der Waals surface area contributed by atoms with Crippen molar-refractivity contribution in [3.8, 4) is 11.3 Å². The summed E-state index contributed by atoms with van der Waals surface area (Å²) in [6, 6.07) is 22.5. The SMILES string of the molecule is Cc1cc(C)n2c(NCc3ccccc3)c(-c3ccc(Cl)cc3)nc2c1. The minimum atomic E-state index is 0.725. The van der Waals surface area contributed by atoms with E-state index in [2.05, 4.69) is 60.0 Å². The van der Waals surface area contributed by atoms with Crippen molar-refractivity contribution in [2.75, 3.05) is 5.32 Å². The van der Waals surface area contributed by atoms with Crippen molar-refractivity contribution >= 4 is 23.1 Å². The number of imidazole rings is 1. The van der Waals surface area contributed by atoms with Crippen LogP contribution in [0.1, 0.15) is 16.8 Å². The molecule has 0 aliphatic carbocycles. The highest BCUT2D eigenvalue weighted by molar-refractivity contribution is 6.30. The van der Waals surface area contributed by atoms with Crippen LogP contribution in [0.3, 0.4) is 0 Å². The molecule has 0 fully saturated rings. The first-order valence-electron chi connectivity index (χ1n) is 8.65. The number of fused-ring (bicyclic) bond motifs is 1.